The summed E-state index contributed by atoms with van der Waals surface area (Å²) in [5.74, 6) is -0.146. The van der Waals surface area contributed by atoms with Gasteiger partial charge in [-0.25, -0.2) is 0 Å². The van der Waals surface area contributed by atoms with Crippen LogP contribution in [0.3, 0.4) is 0 Å². The fourth-order valence-electron chi connectivity index (χ4n) is 2.19. The highest BCUT2D eigenvalue weighted by Gasteiger charge is 2.18. The van der Waals surface area contributed by atoms with Crippen LogP contribution in [-0.2, 0) is 6.54 Å². The first-order chi connectivity index (χ1) is 9.01. The van der Waals surface area contributed by atoms with Crippen LogP contribution in [0.5, 0.6) is 0 Å². The van der Waals surface area contributed by atoms with Crippen LogP contribution in [-0.4, -0.2) is 33.4 Å². The van der Waals surface area contributed by atoms with Gasteiger partial charge < -0.3 is 10.4 Å². The fourth-order valence-corrected chi connectivity index (χ4v) is 2.19. The van der Waals surface area contributed by atoms with E-state index < -0.39 is 6.10 Å². The van der Waals surface area contributed by atoms with Gasteiger partial charge in [0.05, 0.1) is 17.4 Å². The number of carbonyl (C=O) groups is 1. The third-order valence-electron chi connectivity index (χ3n) is 3.16. The molecule has 1 aromatic heterocycles. The molecule has 0 radical (unpaired) electrons. The van der Waals surface area contributed by atoms with Crippen molar-refractivity contribution in [3.63, 3.8) is 0 Å². The minimum atomic E-state index is -0.472. The lowest BCUT2D eigenvalue weighted by Gasteiger charge is -2.11. The van der Waals surface area contributed by atoms with Gasteiger partial charge in [0.15, 0.2) is 0 Å². The smallest absolute Gasteiger partial charge is 0.255 e. The second kappa shape index (κ2) is 7.28. The van der Waals surface area contributed by atoms with Crippen LogP contribution in [0.1, 0.15) is 54.9 Å². The summed E-state index contributed by atoms with van der Waals surface area (Å²) in [4.78, 5) is 12.1. The molecular weight excluding hydrogens is 242 g/mol. The highest BCUT2D eigenvalue weighted by molar-refractivity contribution is 5.96. The number of carbonyl (C=O) groups excluding carboxylic acids is 1. The third-order valence-corrected chi connectivity index (χ3v) is 3.16. The maximum atomic E-state index is 12.1. The quantitative estimate of drug-likeness (QED) is 0.791. The SMILES string of the molecule is CCCC(O)CNC(=O)c1c(C)nn(CCC)c1C. The van der Waals surface area contributed by atoms with E-state index in [1.165, 1.54) is 0 Å². The molecule has 19 heavy (non-hydrogen) atoms. The van der Waals surface area contributed by atoms with Crippen molar-refractivity contribution in [2.24, 2.45) is 0 Å². The summed E-state index contributed by atoms with van der Waals surface area (Å²) in [5, 5.41) is 16.8. The predicted octanol–water partition coefficient (Wildman–Crippen LogP) is 1.80. The molecule has 0 aliphatic rings. The monoisotopic (exact) mass is 267 g/mol. The van der Waals surface area contributed by atoms with Gasteiger partial charge in [-0.3, -0.25) is 9.48 Å². The second-order valence-corrected chi connectivity index (χ2v) is 4.92. The largest absolute Gasteiger partial charge is 0.391 e. The Hall–Kier alpha value is -1.36. The van der Waals surface area contributed by atoms with Crippen LogP contribution in [0, 0.1) is 13.8 Å². The average Bonchev–Trinajstić information content (AvgIpc) is 2.63. The number of aromatic nitrogens is 2. The molecule has 108 valence electrons. The van der Waals surface area contributed by atoms with Crippen LogP contribution >= 0.6 is 0 Å². The van der Waals surface area contributed by atoms with E-state index >= 15 is 0 Å². The fraction of sp³-hybridized carbons (Fsp3) is 0.714. The number of aliphatic hydroxyl groups is 1. The minimum Gasteiger partial charge on any atom is -0.391 e. The molecule has 1 unspecified atom stereocenters. The van der Waals surface area contributed by atoms with Gasteiger partial charge in [0.2, 0.25) is 0 Å². The van der Waals surface area contributed by atoms with Crippen LogP contribution in [0.2, 0.25) is 0 Å². The zero-order valence-corrected chi connectivity index (χ0v) is 12.4. The molecule has 0 aliphatic carbocycles. The molecule has 1 heterocycles. The Labute approximate surface area is 115 Å². The molecule has 1 aromatic rings. The first-order valence-electron chi connectivity index (χ1n) is 7.01. The maximum Gasteiger partial charge on any atom is 0.255 e. The van der Waals surface area contributed by atoms with Gasteiger partial charge in [0.1, 0.15) is 0 Å². The van der Waals surface area contributed by atoms with Crippen LogP contribution in [0.15, 0.2) is 0 Å². The highest BCUT2D eigenvalue weighted by Crippen LogP contribution is 2.13. The molecule has 0 fully saturated rings. The van der Waals surface area contributed by atoms with E-state index in [9.17, 15) is 9.90 Å². The first kappa shape index (κ1) is 15.7. The van der Waals surface area contributed by atoms with Crippen molar-refractivity contribution in [2.45, 2.75) is 59.6 Å². The number of nitrogens with one attached hydrogen (secondary N) is 1. The summed E-state index contributed by atoms with van der Waals surface area (Å²) in [7, 11) is 0. The minimum absolute atomic E-state index is 0.146. The third kappa shape index (κ3) is 4.06. The van der Waals surface area contributed by atoms with Gasteiger partial charge in [-0.05, 0) is 26.7 Å². The lowest BCUT2D eigenvalue weighted by molar-refractivity contribution is 0.0908. The second-order valence-electron chi connectivity index (χ2n) is 4.92. The van der Waals surface area contributed by atoms with E-state index in [1.54, 1.807) is 0 Å². The van der Waals surface area contributed by atoms with E-state index in [1.807, 2.05) is 25.5 Å². The van der Waals surface area contributed by atoms with Gasteiger partial charge >= 0.3 is 0 Å². The number of hydrogen-bond acceptors (Lipinski definition) is 3. The first-order valence-corrected chi connectivity index (χ1v) is 7.01. The Morgan fingerprint density at radius 3 is 2.63 bits per heavy atom. The van der Waals surface area contributed by atoms with Crippen molar-refractivity contribution in [2.75, 3.05) is 6.54 Å². The van der Waals surface area contributed by atoms with E-state index in [-0.39, 0.29) is 5.91 Å². The molecule has 0 aromatic carbocycles. The molecule has 0 bridgehead atoms. The summed E-state index contributed by atoms with van der Waals surface area (Å²) in [6.07, 6.45) is 2.12. The topological polar surface area (TPSA) is 67.2 Å². The van der Waals surface area contributed by atoms with Crippen molar-refractivity contribution >= 4 is 5.91 Å². The van der Waals surface area contributed by atoms with Gasteiger partial charge in [-0.15, -0.1) is 0 Å². The van der Waals surface area contributed by atoms with Gasteiger partial charge in [-0.2, -0.15) is 5.10 Å². The van der Waals surface area contributed by atoms with Crippen molar-refractivity contribution < 1.29 is 9.90 Å². The summed E-state index contributed by atoms with van der Waals surface area (Å²) < 4.78 is 1.87. The van der Waals surface area contributed by atoms with E-state index in [2.05, 4.69) is 17.3 Å². The Bertz CT molecular complexity index is 427. The molecular formula is C14H25N3O2. The van der Waals surface area contributed by atoms with Crippen molar-refractivity contribution in [3.8, 4) is 0 Å². The highest BCUT2D eigenvalue weighted by atomic mass is 16.3. The van der Waals surface area contributed by atoms with Crippen LogP contribution < -0.4 is 5.32 Å². The molecule has 0 aliphatic heterocycles. The number of hydrogen-bond donors (Lipinski definition) is 2. The number of rotatable bonds is 7. The summed E-state index contributed by atoms with van der Waals surface area (Å²) in [6.45, 7) is 8.96. The summed E-state index contributed by atoms with van der Waals surface area (Å²) >= 11 is 0. The number of aryl methyl sites for hydroxylation is 2. The lowest BCUT2D eigenvalue weighted by Crippen LogP contribution is -2.32. The van der Waals surface area contributed by atoms with Gasteiger partial charge in [0.25, 0.3) is 5.91 Å². The Morgan fingerprint density at radius 2 is 2.05 bits per heavy atom. The van der Waals surface area contributed by atoms with Crippen molar-refractivity contribution in [1.82, 2.24) is 15.1 Å². The standard InChI is InChI=1S/C14H25N3O2/c1-5-7-12(18)9-15-14(19)13-10(3)16-17(8-6-2)11(13)4/h12,18H,5-9H2,1-4H3,(H,15,19). The molecule has 0 spiro atoms. The van der Waals surface area contributed by atoms with Crippen molar-refractivity contribution in [1.29, 1.82) is 0 Å². The van der Waals surface area contributed by atoms with E-state index in [0.29, 0.717) is 18.5 Å². The van der Waals surface area contributed by atoms with Gasteiger partial charge in [0, 0.05) is 18.8 Å². The molecule has 1 rings (SSSR count). The molecule has 5 heteroatoms. The lowest BCUT2D eigenvalue weighted by atomic mass is 10.1. The van der Waals surface area contributed by atoms with E-state index in [4.69, 9.17) is 0 Å². The number of amides is 1. The van der Waals surface area contributed by atoms with Crippen LogP contribution in [0.4, 0.5) is 0 Å². The zero-order valence-electron chi connectivity index (χ0n) is 12.4. The number of nitrogens with zero attached hydrogens (tertiary/aromatic N) is 2. The van der Waals surface area contributed by atoms with Gasteiger partial charge in [-0.1, -0.05) is 20.3 Å². The number of aliphatic hydroxyl groups excluding tert-OH is 1. The molecule has 0 saturated heterocycles. The average molecular weight is 267 g/mol. The Balaban J connectivity index is 2.71. The van der Waals surface area contributed by atoms with Crippen molar-refractivity contribution in [3.05, 3.63) is 17.0 Å². The molecule has 1 amide bonds. The normalized spacial score (nSPS) is 12.5. The Morgan fingerprint density at radius 1 is 1.37 bits per heavy atom. The molecule has 5 nitrogen and oxygen atoms in total. The molecule has 1 atom stereocenters. The predicted molar refractivity (Wildman–Crippen MR) is 75.2 cm³/mol. The van der Waals surface area contributed by atoms with E-state index in [0.717, 1.165) is 30.8 Å². The van der Waals surface area contributed by atoms with Crippen LogP contribution in [0.25, 0.3) is 0 Å². The summed E-state index contributed by atoms with van der Waals surface area (Å²) in [5.41, 5.74) is 2.27. The maximum absolute atomic E-state index is 12.1. The zero-order chi connectivity index (χ0) is 14.4. The molecule has 2 N–H and O–H groups in total. The summed E-state index contributed by atoms with van der Waals surface area (Å²) in [6, 6.07) is 0. The molecule has 0 saturated carbocycles. The Kier molecular flexibility index (Phi) is 6.02.